The molecule has 0 unspecified atom stereocenters. The van der Waals surface area contributed by atoms with Gasteiger partial charge in [-0.3, -0.25) is 24.0 Å². The van der Waals surface area contributed by atoms with Gasteiger partial charge in [-0.25, -0.2) is 0 Å². The summed E-state index contributed by atoms with van der Waals surface area (Å²) >= 11 is 1.66. The summed E-state index contributed by atoms with van der Waals surface area (Å²) in [6, 6.07) is 9.60. The number of hydrogen-bond acceptors (Lipinski definition) is 6. The molecule has 0 spiro atoms. The van der Waals surface area contributed by atoms with Crippen LogP contribution in [0.2, 0.25) is 0 Å². The monoisotopic (exact) mass is 505 g/mol. The van der Waals surface area contributed by atoms with Gasteiger partial charge in [-0.1, -0.05) is 12.1 Å². The molecule has 9 heteroatoms. The fourth-order valence-electron chi connectivity index (χ4n) is 5.26. The van der Waals surface area contributed by atoms with Crippen molar-refractivity contribution in [2.75, 3.05) is 25.0 Å². The van der Waals surface area contributed by atoms with Crippen LogP contribution in [0, 0.1) is 12.8 Å². The summed E-state index contributed by atoms with van der Waals surface area (Å²) in [7, 11) is 3.71. The van der Waals surface area contributed by atoms with Gasteiger partial charge in [0, 0.05) is 49.7 Å². The Bertz CT molecular complexity index is 1310. The molecule has 8 nitrogen and oxygen atoms in total. The Morgan fingerprint density at radius 2 is 1.92 bits per heavy atom. The van der Waals surface area contributed by atoms with Gasteiger partial charge >= 0.3 is 0 Å². The number of amides is 3. The fraction of sp³-hybridized carbons (Fsp3) is 0.407. The van der Waals surface area contributed by atoms with Gasteiger partial charge in [0.2, 0.25) is 5.91 Å². The van der Waals surface area contributed by atoms with Crippen LogP contribution in [0.4, 0.5) is 5.69 Å². The van der Waals surface area contributed by atoms with Gasteiger partial charge in [-0.05, 0) is 50.3 Å². The maximum Gasteiger partial charge on any atom is 0.263 e. The molecule has 0 radical (unpaired) electrons. The van der Waals surface area contributed by atoms with Gasteiger partial charge in [-0.15, -0.1) is 11.3 Å². The second-order valence-corrected chi connectivity index (χ2v) is 10.7. The van der Waals surface area contributed by atoms with Crippen LogP contribution in [-0.4, -0.2) is 57.4 Å². The molecule has 188 valence electrons. The molecular formula is C27H31N5O3S. The second-order valence-electron chi connectivity index (χ2n) is 9.71. The van der Waals surface area contributed by atoms with Crippen LogP contribution in [0.5, 0.6) is 0 Å². The van der Waals surface area contributed by atoms with E-state index in [0.29, 0.717) is 37.1 Å². The first-order chi connectivity index (χ1) is 17.3. The standard InChI is InChI=1S/C27H31N5O3S/c1-17-20(15-29(3)28-17)16-32-26(34)21-7-5-8-22(24(21)27(32)35)31-12-10-19(11-13-31)25(33)30(4)18(2)23-9-6-14-36-23/h5-9,14-15,18-19H,10-13,16H2,1-4H3/t18-/m0/s1. The predicted octanol–water partition coefficient (Wildman–Crippen LogP) is 4.02. The molecule has 0 saturated carbocycles. The quantitative estimate of drug-likeness (QED) is 0.473. The lowest BCUT2D eigenvalue weighted by atomic mass is 9.93. The molecule has 0 aliphatic carbocycles. The molecule has 0 N–H and O–H groups in total. The SMILES string of the molecule is Cc1nn(C)cc1CN1C(=O)c2cccc(N3CCC(C(=O)N(C)[C@@H](C)c4cccs4)CC3)c2C1=O. The number of aryl methyl sites for hydroxylation is 2. The molecule has 1 fully saturated rings. The summed E-state index contributed by atoms with van der Waals surface area (Å²) in [6.45, 7) is 5.47. The number of carbonyl (C=O) groups excluding carboxylic acids is 3. The van der Waals surface area contributed by atoms with Crippen molar-refractivity contribution < 1.29 is 14.4 Å². The Morgan fingerprint density at radius 3 is 2.56 bits per heavy atom. The average molecular weight is 506 g/mol. The number of benzene rings is 1. The van der Waals surface area contributed by atoms with Crippen molar-refractivity contribution in [2.24, 2.45) is 13.0 Å². The summed E-state index contributed by atoms with van der Waals surface area (Å²) in [4.78, 5) is 46.3. The van der Waals surface area contributed by atoms with E-state index >= 15 is 0 Å². The van der Waals surface area contributed by atoms with Crippen LogP contribution < -0.4 is 4.90 Å². The normalized spacial score (nSPS) is 17.0. The summed E-state index contributed by atoms with van der Waals surface area (Å²) in [6.07, 6.45) is 3.27. The van der Waals surface area contributed by atoms with Crippen molar-refractivity contribution in [3.8, 4) is 0 Å². The summed E-state index contributed by atoms with van der Waals surface area (Å²) in [5, 5.41) is 6.36. The Labute approximate surface area is 215 Å². The van der Waals surface area contributed by atoms with E-state index in [9.17, 15) is 14.4 Å². The molecular weight excluding hydrogens is 474 g/mol. The minimum absolute atomic E-state index is 0.0472. The highest BCUT2D eigenvalue weighted by molar-refractivity contribution is 7.10. The van der Waals surface area contributed by atoms with Crippen LogP contribution in [-0.2, 0) is 18.4 Å². The van der Waals surface area contributed by atoms with Gasteiger partial charge in [0.15, 0.2) is 0 Å². The fourth-order valence-corrected chi connectivity index (χ4v) is 6.09. The number of fused-ring (bicyclic) bond motifs is 1. The molecule has 4 heterocycles. The zero-order valence-electron chi connectivity index (χ0n) is 21.1. The molecule has 3 amide bonds. The lowest BCUT2D eigenvalue weighted by Gasteiger charge is -2.36. The first-order valence-corrected chi connectivity index (χ1v) is 13.2. The third-order valence-corrected chi connectivity index (χ3v) is 8.53. The number of rotatable bonds is 6. The van der Waals surface area contributed by atoms with E-state index in [0.717, 1.165) is 16.9 Å². The average Bonchev–Trinajstić information content (AvgIpc) is 3.59. The largest absolute Gasteiger partial charge is 0.371 e. The third kappa shape index (κ3) is 4.21. The highest BCUT2D eigenvalue weighted by atomic mass is 32.1. The van der Waals surface area contributed by atoms with Crippen molar-refractivity contribution in [1.82, 2.24) is 19.6 Å². The van der Waals surface area contributed by atoms with Crippen LogP contribution in [0.25, 0.3) is 0 Å². The zero-order valence-corrected chi connectivity index (χ0v) is 21.9. The molecule has 1 atom stereocenters. The predicted molar refractivity (Wildman–Crippen MR) is 139 cm³/mol. The number of anilines is 1. The molecule has 36 heavy (non-hydrogen) atoms. The van der Waals surface area contributed by atoms with Gasteiger partial charge in [0.05, 0.1) is 35.1 Å². The zero-order chi connectivity index (χ0) is 25.6. The Balaban J connectivity index is 1.29. The minimum Gasteiger partial charge on any atom is -0.371 e. The number of hydrogen-bond donors (Lipinski definition) is 0. The Kier molecular flexibility index (Phi) is 6.42. The van der Waals surface area contributed by atoms with E-state index in [4.69, 9.17) is 0 Å². The lowest BCUT2D eigenvalue weighted by Crippen LogP contribution is -2.42. The molecule has 2 aliphatic heterocycles. The van der Waals surface area contributed by atoms with Crippen LogP contribution >= 0.6 is 11.3 Å². The number of thiophene rings is 1. The molecule has 5 rings (SSSR count). The number of piperidine rings is 1. The summed E-state index contributed by atoms with van der Waals surface area (Å²) in [5.74, 6) is -0.420. The van der Waals surface area contributed by atoms with Gasteiger partial charge in [-0.2, -0.15) is 5.10 Å². The highest BCUT2D eigenvalue weighted by Crippen LogP contribution is 2.35. The van der Waals surface area contributed by atoms with Gasteiger partial charge in [0.1, 0.15) is 0 Å². The smallest absolute Gasteiger partial charge is 0.263 e. The van der Waals surface area contributed by atoms with E-state index in [2.05, 4.69) is 23.0 Å². The highest BCUT2D eigenvalue weighted by Gasteiger charge is 2.39. The van der Waals surface area contributed by atoms with Crippen LogP contribution in [0.1, 0.15) is 62.7 Å². The first-order valence-electron chi connectivity index (χ1n) is 12.3. The molecule has 3 aromatic rings. The third-order valence-electron chi connectivity index (χ3n) is 7.49. The van der Waals surface area contributed by atoms with E-state index in [-0.39, 0.29) is 36.2 Å². The number of carbonyl (C=O) groups is 3. The van der Waals surface area contributed by atoms with Gasteiger partial charge < -0.3 is 9.80 Å². The van der Waals surface area contributed by atoms with E-state index in [1.807, 2.05) is 55.7 Å². The molecule has 0 bridgehead atoms. The molecule has 1 saturated heterocycles. The van der Waals surface area contributed by atoms with Crippen molar-refractivity contribution in [2.45, 2.75) is 39.3 Å². The van der Waals surface area contributed by atoms with Crippen LogP contribution in [0.15, 0.2) is 41.9 Å². The maximum absolute atomic E-state index is 13.4. The van der Waals surface area contributed by atoms with E-state index in [1.165, 1.54) is 9.78 Å². The van der Waals surface area contributed by atoms with Crippen molar-refractivity contribution in [3.05, 3.63) is 69.2 Å². The first kappa shape index (κ1) is 24.2. The topological polar surface area (TPSA) is 78.8 Å². The summed E-state index contributed by atoms with van der Waals surface area (Å²) < 4.78 is 1.69. The molecule has 2 aromatic heterocycles. The van der Waals surface area contributed by atoms with Crippen molar-refractivity contribution in [3.63, 3.8) is 0 Å². The van der Waals surface area contributed by atoms with Gasteiger partial charge in [0.25, 0.3) is 11.8 Å². The Hall–Kier alpha value is -3.46. The van der Waals surface area contributed by atoms with Crippen molar-refractivity contribution >= 4 is 34.7 Å². The maximum atomic E-state index is 13.4. The lowest BCUT2D eigenvalue weighted by molar-refractivity contribution is -0.136. The van der Waals surface area contributed by atoms with E-state index in [1.54, 1.807) is 22.1 Å². The molecule has 2 aliphatic rings. The molecule has 1 aromatic carbocycles. The summed E-state index contributed by atoms with van der Waals surface area (Å²) in [5.41, 5.74) is 3.36. The second kappa shape index (κ2) is 9.54. The number of nitrogens with zero attached hydrogens (tertiary/aromatic N) is 5. The minimum atomic E-state index is -0.269. The number of aromatic nitrogens is 2. The Morgan fingerprint density at radius 1 is 1.17 bits per heavy atom. The van der Waals surface area contributed by atoms with Crippen LogP contribution in [0.3, 0.4) is 0 Å². The van der Waals surface area contributed by atoms with Crippen molar-refractivity contribution in [1.29, 1.82) is 0 Å². The number of imide groups is 1. The van der Waals surface area contributed by atoms with E-state index < -0.39 is 0 Å².